The van der Waals surface area contributed by atoms with Gasteiger partial charge < -0.3 is 43.4 Å². The van der Waals surface area contributed by atoms with Crippen LogP contribution < -0.4 is 0 Å². The highest BCUT2D eigenvalue weighted by Crippen LogP contribution is 2.35. The van der Waals surface area contributed by atoms with Gasteiger partial charge in [0.05, 0.1) is 57.4 Å². The average molecular weight is 631 g/mol. The number of esters is 2. The predicted molar refractivity (Wildman–Crippen MR) is 162 cm³/mol. The van der Waals surface area contributed by atoms with Crippen molar-refractivity contribution in [2.45, 2.75) is 83.3 Å². The van der Waals surface area contributed by atoms with Gasteiger partial charge >= 0.3 is 11.9 Å². The minimum Gasteiger partial charge on any atom is -0.469 e. The number of ether oxygens (including phenoxy) is 7. The fourth-order valence-electron chi connectivity index (χ4n) is 5.56. The van der Waals surface area contributed by atoms with Crippen molar-refractivity contribution in [1.82, 2.24) is 0 Å². The number of aliphatic hydroxyl groups is 2. The minimum absolute atomic E-state index is 0.0189. The highest BCUT2D eigenvalue weighted by Gasteiger charge is 2.47. The monoisotopic (exact) mass is 630 g/mol. The molecule has 2 N–H and O–H groups in total. The fourth-order valence-corrected chi connectivity index (χ4v) is 5.56. The van der Waals surface area contributed by atoms with E-state index in [1.165, 1.54) is 7.11 Å². The topological polar surface area (TPSA) is 139 Å². The zero-order valence-corrected chi connectivity index (χ0v) is 26.4. The lowest BCUT2D eigenvalue weighted by Crippen LogP contribution is -2.58. The quantitative estimate of drug-likeness (QED) is 0.234. The summed E-state index contributed by atoms with van der Waals surface area (Å²) < 4.78 is 41.4. The SMILES string of the molecule is COC(=O)CCCO[C@@H]1OC(CO[C@H]2OC(CO)[C@@H](C)[C@H](C)C2OC(=O)c2ccccc2)[C@@H](C)[C@H](O)C1OCc1ccccc1. The molecule has 2 heterocycles. The van der Waals surface area contributed by atoms with Crippen LogP contribution in [0.5, 0.6) is 0 Å². The number of carbonyl (C=O) groups is 2. The van der Waals surface area contributed by atoms with Crippen LogP contribution in [0.25, 0.3) is 0 Å². The van der Waals surface area contributed by atoms with Crippen LogP contribution in [-0.2, 0) is 44.6 Å². The summed E-state index contributed by atoms with van der Waals surface area (Å²) in [5, 5.41) is 21.4. The summed E-state index contributed by atoms with van der Waals surface area (Å²) in [6, 6.07) is 18.3. The van der Waals surface area contributed by atoms with Crippen LogP contribution in [0.15, 0.2) is 60.7 Å². The Balaban J connectivity index is 1.45. The van der Waals surface area contributed by atoms with Crippen LogP contribution in [-0.4, -0.2) is 92.2 Å². The Morgan fingerprint density at radius 3 is 2.11 bits per heavy atom. The molecule has 248 valence electrons. The van der Waals surface area contributed by atoms with Crippen molar-refractivity contribution in [1.29, 1.82) is 0 Å². The summed E-state index contributed by atoms with van der Waals surface area (Å²) in [5.74, 6) is -1.58. The summed E-state index contributed by atoms with van der Waals surface area (Å²) >= 11 is 0. The first-order valence-electron chi connectivity index (χ1n) is 15.5. The van der Waals surface area contributed by atoms with E-state index in [2.05, 4.69) is 0 Å². The van der Waals surface area contributed by atoms with Crippen LogP contribution >= 0.6 is 0 Å². The molecule has 4 unspecified atom stereocenters. The molecule has 0 radical (unpaired) electrons. The number of hydrogen-bond acceptors (Lipinski definition) is 11. The molecule has 2 saturated heterocycles. The second-order valence-corrected chi connectivity index (χ2v) is 11.7. The second kappa shape index (κ2) is 17.1. The second-order valence-electron chi connectivity index (χ2n) is 11.7. The molecular weight excluding hydrogens is 584 g/mol. The third kappa shape index (κ3) is 9.32. The molecular formula is C34H46O11. The van der Waals surface area contributed by atoms with Gasteiger partial charge in [-0.1, -0.05) is 69.3 Å². The molecule has 45 heavy (non-hydrogen) atoms. The van der Waals surface area contributed by atoms with E-state index >= 15 is 0 Å². The standard InChI is InChI=1S/C34H46O11/c1-21-22(2)30(45-32(38)25-14-9-6-10-15-25)33(43-26(21)18-35)42-20-27-23(3)29(37)31(41-19-24-12-7-5-8-13-24)34(44-27)40-17-11-16-28(36)39-4/h5-10,12-15,21-23,26-27,29-31,33-35,37H,11,16-20H2,1-4H3/t21-,22-,23+,26?,27?,29-,30?,31?,33-,34+/m0/s1. The van der Waals surface area contributed by atoms with Gasteiger partial charge in [0.1, 0.15) is 6.10 Å². The van der Waals surface area contributed by atoms with Crippen LogP contribution in [0.2, 0.25) is 0 Å². The summed E-state index contributed by atoms with van der Waals surface area (Å²) in [4.78, 5) is 24.6. The smallest absolute Gasteiger partial charge is 0.338 e. The number of rotatable bonds is 14. The third-order valence-electron chi connectivity index (χ3n) is 8.73. The van der Waals surface area contributed by atoms with E-state index in [1.54, 1.807) is 24.3 Å². The lowest BCUT2D eigenvalue weighted by molar-refractivity contribution is -0.320. The van der Waals surface area contributed by atoms with Crippen molar-refractivity contribution in [2.75, 3.05) is 26.9 Å². The first kappa shape index (κ1) is 35.0. The van der Waals surface area contributed by atoms with Gasteiger partial charge in [0.25, 0.3) is 0 Å². The van der Waals surface area contributed by atoms with Crippen molar-refractivity contribution < 1.29 is 53.0 Å². The van der Waals surface area contributed by atoms with E-state index in [0.29, 0.717) is 12.0 Å². The molecule has 11 heteroatoms. The van der Waals surface area contributed by atoms with Gasteiger partial charge in [-0.15, -0.1) is 0 Å². The molecule has 0 aliphatic carbocycles. The van der Waals surface area contributed by atoms with E-state index < -0.39 is 55.0 Å². The number of aliphatic hydroxyl groups excluding tert-OH is 2. The maximum Gasteiger partial charge on any atom is 0.338 e. The van der Waals surface area contributed by atoms with Gasteiger partial charge in [-0.3, -0.25) is 4.79 Å². The highest BCUT2D eigenvalue weighted by atomic mass is 16.7. The van der Waals surface area contributed by atoms with E-state index in [4.69, 9.17) is 33.2 Å². The molecule has 10 atom stereocenters. The first-order chi connectivity index (χ1) is 21.7. The van der Waals surface area contributed by atoms with Crippen LogP contribution in [0.1, 0.15) is 49.5 Å². The van der Waals surface area contributed by atoms with Gasteiger partial charge in [0.15, 0.2) is 18.7 Å². The van der Waals surface area contributed by atoms with Crippen LogP contribution in [0, 0.1) is 17.8 Å². The predicted octanol–water partition coefficient (Wildman–Crippen LogP) is 3.50. The number of benzene rings is 2. The largest absolute Gasteiger partial charge is 0.469 e. The van der Waals surface area contributed by atoms with Gasteiger partial charge in [-0.2, -0.15) is 0 Å². The van der Waals surface area contributed by atoms with E-state index in [0.717, 1.165) is 5.56 Å². The van der Waals surface area contributed by atoms with Gasteiger partial charge in [0, 0.05) is 18.3 Å². The maximum atomic E-state index is 13.0. The number of carbonyl (C=O) groups excluding carboxylic acids is 2. The molecule has 0 amide bonds. The maximum absolute atomic E-state index is 13.0. The Hall–Kier alpha value is -2.90. The molecule has 2 aliphatic rings. The van der Waals surface area contributed by atoms with Crippen LogP contribution in [0.3, 0.4) is 0 Å². The zero-order chi connectivity index (χ0) is 32.3. The minimum atomic E-state index is -0.986. The molecule has 0 bridgehead atoms. The van der Waals surface area contributed by atoms with Crippen molar-refractivity contribution in [3.63, 3.8) is 0 Å². The van der Waals surface area contributed by atoms with Crippen molar-refractivity contribution in [2.24, 2.45) is 17.8 Å². The summed E-state index contributed by atoms with van der Waals surface area (Å²) in [7, 11) is 1.33. The molecule has 0 spiro atoms. The van der Waals surface area contributed by atoms with Crippen LogP contribution in [0.4, 0.5) is 0 Å². The molecule has 2 fully saturated rings. The van der Waals surface area contributed by atoms with Gasteiger partial charge in [-0.25, -0.2) is 4.79 Å². The molecule has 2 aromatic rings. The Morgan fingerprint density at radius 2 is 1.44 bits per heavy atom. The summed E-state index contributed by atoms with van der Waals surface area (Å²) in [5.41, 5.74) is 1.33. The molecule has 0 aromatic heterocycles. The first-order valence-corrected chi connectivity index (χ1v) is 15.5. The zero-order valence-electron chi connectivity index (χ0n) is 26.4. The lowest BCUT2D eigenvalue weighted by Gasteiger charge is -2.45. The van der Waals surface area contributed by atoms with Crippen molar-refractivity contribution >= 4 is 11.9 Å². The molecule has 0 saturated carbocycles. The summed E-state index contributed by atoms with van der Waals surface area (Å²) in [6.45, 7) is 5.88. The average Bonchev–Trinajstić information content (AvgIpc) is 3.07. The lowest BCUT2D eigenvalue weighted by atomic mass is 9.83. The van der Waals surface area contributed by atoms with E-state index in [1.807, 2.05) is 57.2 Å². The van der Waals surface area contributed by atoms with E-state index in [-0.39, 0.29) is 50.7 Å². The van der Waals surface area contributed by atoms with E-state index in [9.17, 15) is 19.8 Å². The molecule has 11 nitrogen and oxygen atoms in total. The summed E-state index contributed by atoms with van der Waals surface area (Å²) in [6.07, 6.45) is -5.05. The number of hydrogen-bond donors (Lipinski definition) is 2. The Bertz CT molecular complexity index is 1180. The van der Waals surface area contributed by atoms with Crippen molar-refractivity contribution in [3.05, 3.63) is 71.8 Å². The van der Waals surface area contributed by atoms with Crippen molar-refractivity contribution in [3.8, 4) is 0 Å². The molecule has 4 rings (SSSR count). The normalized spacial score (nSPS) is 31.7. The third-order valence-corrected chi connectivity index (χ3v) is 8.73. The molecule has 2 aromatic carbocycles. The fraction of sp³-hybridized carbons (Fsp3) is 0.588. The Labute approximate surface area is 264 Å². The molecule has 2 aliphatic heterocycles. The van der Waals surface area contributed by atoms with Gasteiger partial charge in [0.2, 0.25) is 0 Å². The number of methoxy groups -OCH3 is 1. The Kier molecular flexibility index (Phi) is 13.3. The highest BCUT2D eigenvalue weighted by molar-refractivity contribution is 5.89. The Morgan fingerprint density at radius 1 is 0.800 bits per heavy atom. The van der Waals surface area contributed by atoms with Gasteiger partial charge in [-0.05, 0) is 30.0 Å².